The molecule has 31 heavy (non-hydrogen) atoms. The molecule has 1 N–H and O–H groups in total. The van der Waals surface area contributed by atoms with E-state index in [0.29, 0.717) is 25.6 Å². The zero-order chi connectivity index (χ0) is 22.0. The summed E-state index contributed by atoms with van der Waals surface area (Å²) < 4.78 is 0. The summed E-state index contributed by atoms with van der Waals surface area (Å²) in [7, 11) is 1.75. The summed E-state index contributed by atoms with van der Waals surface area (Å²) in [5.74, 6) is 0.385. The minimum absolute atomic E-state index is 0.00984. The summed E-state index contributed by atoms with van der Waals surface area (Å²) in [6.45, 7) is 3.34. The number of hydrogen-bond donors (Lipinski definition) is 1. The van der Waals surface area contributed by atoms with E-state index < -0.39 is 12.2 Å². The summed E-state index contributed by atoms with van der Waals surface area (Å²) in [4.78, 5) is 42.5. The van der Waals surface area contributed by atoms with Crippen molar-refractivity contribution in [1.29, 1.82) is 0 Å². The maximum atomic E-state index is 13.2. The molecule has 1 aromatic carbocycles. The third-order valence-corrected chi connectivity index (χ3v) is 6.79. The van der Waals surface area contributed by atoms with Crippen molar-refractivity contribution in [3.05, 3.63) is 35.9 Å². The molecule has 1 saturated carbocycles. The normalized spacial score (nSPS) is 25.5. The van der Waals surface area contributed by atoms with Crippen LogP contribution in [-0.2, 0) is 16.1 Å². The molecule has 0 bridgehead atoms. The van der Waals surface area contributed by atoms with E-state index in [4.69, 9.17) is 0 Å². The number of urea groups is 1. The first-order valence-corrected chi connectivity index (χ1v) is 11.4. The van der Waals surface area contributed by atoms with Crippen molar-refractivity contribution in [2.45, 2.75) is 57.8 Å². The summed E-state index contributed by atoms with van der Waals surface area (Å²) >= 11 is 0. The molecule has 0 spiro atoms. The topological polar surface area (TPSA) is 76.2 Å². The van der Waals surface area contributed by atoms with Gasteiger partial charge in [0.15, 0.2) is 0 Å². The number of carbonyl (C=O) groups is 3. The predicted molar refractivity (Wildman–Crippen MR) is 116 cm³/mol. The number of nitrogens with zero attached hydrogens (tertiary/aromatic N) is 4. The van der Waals surface area contributed by atoms with Crippen molar-refractivity contribution in [3.63, 3.8) is 0 Å². The number of likely N-dealkylation sites (N-methyl/N-ethyl adjacent to an activating group) is 1. The number of rotatable bonds is 4. The monoisotopic (exact) mass is 427 g/mol. The lowest BCUT2D eigenvalue weighted by Gasteiger charge is -2.54. The standard InChI is InChI=1S/C23H33N5O3/c1-17-22(30)26(14-19-11-7-4-8-12-19)15-20-27(17)21(29)16-25(2)28(20)23(31)24-13-18-9-5-3-6-10-18/h3,5-6,9-10,17,19-20H,4,7-8,11-16H2,1-2H3,(H,24,31)/t17-,20-/m0/s1. The molecule has 2 saturated heterocycles. The molecule has 1 aliphatic carbocycles. The van der Waals surface area contributed by atoms with Crippen LogP contribution in [0.5, 0.6) is 0 Å². The molecule has 168 valence electrons. The Morgan fingerprint density at radius 1 is 1.10 bits per heavy atom. The number of hydrazine groups is 1. The molecule has 2 heterocycles. The molecule has 3 aliphatic rings. The van der Waals surface area contributed by atoms with Gasteiger partial charge in [0, 0.05) is 20.1 Å². The van der Waals surface area contributed by atoms with Crippen LogP contribution in [0.15, 0.2) is 30.3 Å². The van der Waals surface area contributed by atoms with Crippen LogP contribution in [-0.4, -0.2) is 76.6 Å². The second-order valence-corrected chi connectivity index (χ2v) is 9.01. The van der Waals surface area contributed by atoms with Gasteiger partial charge in [-0.2, -0.15) is 0 Å². The summed E-state index contributed by atoms with van der Waals surface area (Å²) in [5, 5.41) is 6.26. The minimum atomic E-state index is -0.562. The highest BCUT2D eigenvalue weighted by molar-refractivity contribution is 5.91. The van der Waals surface area contributed by atoms with Gasteiger partial charge < -0.3 is 15.1 Å². The van der Waals surface area contributed by atoms with E-state index in [-0.39, 0.29) is 24.4 Å². The lowest BCUT2D eigenvalue weighted by molar-refractivity contribution is -0.186. The van der Waals surface area contributed by atoms with Gasteiger partial charge in [-0.25, -0.2) is 14.8 Å². The second-order valence-electron chi connectivity index (χ2n) is 9.01. The summed E-state index contributed by atoms with van der Waals surface area (Å²) in [6.07, 6.45) is 5.50. The Labute approximate surface area is 184 Å². The van der Waals surface area contributed by atoms with Crippen molar-refractivity contribution in [1.82, 2.24) is 25.1 Å². The Hall–Kier alpha value is -2.61. The maximum absolute atomic E-state index is 13.2. The Morgan fingerprint density at radius 2 is 1.81 bits per heavy atom. The number of nitrogens with one attached hydrogen (secondary N) is 1. The SMILES string of the molecule is C[C@H]1C(=O)N(CC2CCCCC2)C[C@H]2N1C(=O)CN(C)N2C(=O)NCc1ccccc1. The first kappa shape index (κ1) is 21.6. The minimum Gasteiger partial charge on any atom is -0.337 e. The van der Waals surface area contributed by atoms with Gasteiger partial charge in [-0.15, -0.1) is 0 Å². The molecule has 4 rings (SSSR count). The fourth-order valence-electron chi connectivity index (χ4n) is 5.17. The van der Waals surface area contributed by atoms with Crippen LogP contribution in [0.25, 0.3) is 0 Å². The van der Waals surface area contributed by atoms with Crippen LogP contribution in [0.4, 0.5) is 4.79 Å². The highest BCUT2D eigenvalue weighted by atomic mass is 16.2. The molecule has 8 heteroatoms. The van der Waals surface area contributed by atoms with Crippen molar-refractivity contribution < 1.29 is 14.4 Å². The molecule has 2 atom stereocenters. The number of amides is 4. The van der Waals surface area contributed by atoms with E-state index in [0.717, 1.165) is 18.4 Å². The van der Waals surface area contributed by atoms with Crippen LogP contribution >= 0.6 is 0 Å². The van der Waals surface area contributed by atoms with Crippen molar-refractivity contribution in [3.8, 4) is 0 Å². The molecule has 0 aromatic heterocycles. The third-order valence-electron chi connectivity index (χ3n) is 6.79. The molecule has 4 amide bonds. The maximum Gasteiger partial charge on any atom is 0.334 e. The van der Waals surface area contributed by atoms with Gasteiger partial charge in [-0.3, -0.25) is 9.59 Å². The molecule has 3 fully saturated rings. The van der Waals surface area contributed by atoms with Crippen LogP contribution in [0.3, 0.4) is 0 Å². The second kappa shape index (κ2) is 9.26. The Morgan fingerprint density at radius 3 is 2.52 bits per heavy atom. The first-order valence-electron chi connectivity index (χ1n) is 11.4. The van der Waals surface area contributed by atoms with Gasteiger partial charge in [-0.1, -0.05) is 49.6 Å². The van der Waals surface area contributed by atoms with E-state index in [1.807, 2.05) is 35.2 Å². The Bertz CT molecular complexity index is 811. The van der Waals surface area contributed by atoms with Gasteiger partial charge >= 0.3 is 6.03 Å². The van der Waals surface area contributed by atoms with Crippen molar-refractivity contribution >= 4 is 17.8 Å². The fourth-order valence-corrected chi connectivity index (χ4v) is 5.17. The predicted octanol–water partition coefficient (Wildman–Crippen LogP) is 2.02. The average molecular weight is 428 g/mol. The molecule has 1 aromatic rings. The number of piperazine rings is 1. The lowest BCUT2D eigenvalue weighted by Crippen LogP contribution is -2.75. The number of benzene rings is 1. The first-order chi connectivity index (χ1) is 15.0. The zero-order valence-corrected chi connectivity index (χ0v) is 18.5. The number of hydrogen-bond acceptors (Lipinski definition) is 4. The number of carbonyl (C=O) groups excluding carboxylic acids is 3. The van der Waals surface area contributed by atoms with Crippen molar-refractivity contribution in [2.75, 3.05) is 26.7 Å². The van der Waals surface area contributed by atoms with Gasteiger partial charge in [-0.05, 0) is 31.2 Å². The third kappa shape index (κ3) is 4.54. The van der Waals surface area contributed by atoms with E-state index in [9.17, 15) is 14.4 Å². The molecule has 0 unspecified atom stereocenters. The average Bonchev–Trinajstić information content (AvgIpc) is 2.77. The van der Waals surface area contributed by atoms with Crippen LogP contribution < -0.4 is 5.32 Å². The quantitative estimate of drug-likeness (QED) is 0.798. The smallest absolute Gasteiger partial charge is 0.334 e. The van der Waals surface area contributed by atoms with E-state index in [1.54, 1.807) is 28.9 Å². The van der Waals surface area contributed by atoms with Crippen LogP contribution in [0, 0.1) is 5.92 Å². The molecular formula is C23H33N5O3. The Kier molecular flexibility index (Phi) is 6.46. The number of fused-ring (bicyclic) bond motifs is 1. The van der Waals surface area contributed by atoms with Gasteiger partial charge in [0.1, 0.15) is 12.2 Å². The highest BCUT2D eigenvalue weighted by Gasteiger charge is 2.49. The van der Waals surface area contributed by atoms with E-state index in [1.165, 1.54) is 19.3 Å². The summed E-state index contributed by atoms with van der Waals surface area (Å²) in [6, 6.07) is 8.92. The van der Waals surface area contributed by atoms with Gasteiger partial charge in [0.25, 0.3) is 0 Å². The summed E-state index contributed by atoms with van der Waals surface area (Å²) in [5.41, 5.74) is 1.01. The largest absolute Gasteiger partial charge is 0.337 e. The fraction of sp³-hybridized carbons (Fsp3) is 0.609. The van der Waals surface area contributed by atoms with Crippen molar-refractivity contribution in [2.24, 2.45) is 5.92 Å². The van der Waals surface area contributed by atoms with Crippen LogP contribution in [0.1, 0.15) is 44.6 Å². The highest BCUT2D eigenvalue weighted by Crippen LogP contribution is 2.29. The lowest BCUT2D eigenvalue weighted by atomic mass is 9.88. The molecular weight excluding hydrogens is 394 g/mol. The van der Waals surface area contributed by atoms with Gasteiger partial charge in [0.05, 0.1) is 13.1 Å². The molecule has 0 radical (unpaired) electrons. The Balaban J connectivity index is 1.50. The van der Waals surface area contributed by atoms with E-state index >= 15 is 0 Å². The molecule has 8 nitrogen and oxygen atoms in total. The van der Waals surface area contributed by atoms with Gasteiger partial charge in [0.2, 0.25) is 11.8 Å². The van der Waals surface area contributed by atoms with Crippen LogP contribution in [0.2, 0.25) is 0 Å². The van der Waals surface area contributed by atoms with E-state index in [2.05, 4.69) is 5.32 Å². The zero-order valence-electron chi connectivity index (χ0n) is 18.5. The molecule has 2 aliphatic heterocycles.